The number of halogens is 2. The van der Waals surface area contributed by atoms with Crippen LogP contribution in [0.5, 0.6) is 0 Å². The number of rotatable bonds is 3. The second-order valence-corrected chi connectivity index (χ2v) is 3.81. The van der Waals surface area contributed by atoms with Gasteiger partial charge in [-0.25, -0.2) is 4.99 Å². The number of amidine groups is 1. The average Bonchev–Trinajstić information content (AvgIpc) is 2.17. The van der Waals surface area contributed by atoms with E-state index in [-0.39, 0.29) is 23.1 Å². The summed E-state index contributed by atoms with van der Waals surface area (Å²) in [6.45, 7) is 0. The monoisotopic (exact) mass is 291 g/mol. The predicted molar refractivity (Wildman–Crippen MR) is 62.8 cm³/mol. The first-order chi connectivity index (χ1) is 7.04. The van der Waals surface area contributed by atoms with Gasteiger partial charge >= 0.3 is 0 Å². The molecule has 80 valence electrons. The summed E-state index contributed by atoms with van der Waals surface area (Å²) in [6, 6.07) is 4.43. The fraction of sp³-hybridized carbons (Fsp3) is 0.125. The highest BCUT2D eigenvalue weighted by molar-refractivity contribution is 9.10. The minimum atomic E-state index is -0.521. The van der Waals surface area contributed by atoms with Crippen molar-refractivity contribution in [2.24, 2.45) is 10.7 Å². The van der Waals surface area contributed by atoms with Gasteiger partial charge in [0.1, 0.15) is 11.5 Å². The first-order valence-electron chi connectivity index (χ1n) is 3.87. The maximum Gasteiger partial charge on any atom is 0.294 e. The molecule has 1 aromatic rings. The Morgan fingerprint density at radius 2 is 2.33 bits per heavy atom. The quantitative estimate of drug-likeness (QED) is 0.306. The number of benzene rings is 1. The van der Waals surface area contributed by atoms with Crippen LogP contribution in [0.2, 0.25) is 0 Å². The van der Waals surface area contributed by atoms with E-state index in [0.29, 0.717) is 4.47 Å². The molecule has 0 aliphatic rings. The third-order valence-electron chi connectivity index (χ3n) is 1.54. The summed E-state index contributed by atoms with van der Waals surface area (Å²) in [7, 11) is 0. The Bertz CT molecular complexity index is 422. The summed E-state index contributed by atoms with van der Waals surface area (Å²) in [6.07, 6.45) is 0. The number of hydrogen-bond donors (Lipinski definition) is 1. The molecular weight excluding hydrogens is 285 g/mol. The Labute approximate surface area is 99.2 Å². The van der Waals surface area contributed by atoms with Gasteiger partial charge in [0.25, 0.3) is 5.69 Å². The normalized spacial score (nSPS) is 11.5. The minimum Gasteiger partial charge on any atom is -0.386 e. The second kappa shape index (κ2) is 5.09. The fourth-order valence-electron chi connectivity index (χ4n) is 0.925. The molecule has 0 unspecified atom stereocenters. The van der Waals surface area contributed by atoms with Crippen LogP contribution in [0.3, 0.4) is 0 Å². The summed E-state index contributed by atoms with van der Waals surface area (Å²) in [5.41, 5.74) is 5.49. The molecule has 1 aromatic carbocycles. The smallest absolute Gasteiger partial charge is 0.294 e. The molecule has 15 heavy (non-hydrogen) atoms. The third kappa shape index (κ3) is 3.17. The molecule has 0 saturated heterocycles. The van der Waals surface area contributed by atoms with Gasteiger partial charge in [-0.05, 0) is 12.1 Å². The Morgan fingerprint density at radius 1 is 1.67 bits per heavy atom. The van der Waals surface area contributed by atoms with Gasteiger partial charge < -0.3 is 5.73 Å². The highest BCUT2D eigenvalue weighted by Gasteiger charge is 2.13. The van der Waals surface area contributed by atoms with Crippen LogP contribution in [0.4, 0.5) is 11.4 Å². The van der Waals surface area contributed by atoms with Crippen molar-refractivity contribution in [1.82, 2.24) is 0 Å². The molecule has 2 N–H and O–H groups in total. The van der Waals surface area contributed by atoms with Gasteiger partial charge in [0.15, 0.2) is 0 Å². The van der Waals surface area contributed by atoms with E-state index in [2.05, 4.69) is 20.9 Å². The Hall–Kier alpha value is -1.14. The van der Waals surface area contributed by atoms with Gasteiger partial charge in [0, 0.05) is 10.5 Å². The Balaban J connectivity index is 3.25. The van der Waals surface area contributed by atoms with E-state index in [4.69, 9.17) is 17.3 Å². The van der Waals surface area contributed by atoms with Crippen molar-refractivity contribution in [3.8, 4) is 0 Å². The zero-order valence-corrected chi connectivity index (χ0v) is 9.83. The van der Waals surface area contributed by atoms with Gasteiger partial charge in [-0.2, -0.15) is 0 Å². The standard InChI is InChI=1S/C8H7BrClN3O2/c9-5-1-2-7(13(14)15)6(3-5)12-8(11)4-10/h1-3H,4H2,(H2,11,12). The maximum atomic E-state index is 10.7. The zero-order chi connectivity index (χ0) is 11.4. The highest BCUT2D eigenvalue weighted by atomic mass is 79.9. The van der Waals surface area contributed by atoms with Crippen LogP contribution in [0.1, 0.15) is 0 Å². The van der Waals surface area contributed by atoms with Gasteiger partial charge in [-0.15, -0.1) is 11.6 Å². The number of alkyl halides is 1. The van der Waals surface area contributed by atoms with Gasteiger partial charge in [0.05, 0.1) is 10.8 Å². The Morgan fingerprint density at radius 3 is 2.87 bits per heavy atom. The van der Waals surface area contributed by atoms with Crippen molar-refractivity contribution in [2.75, 3.05) is 5.88 Å². The van der Waals surface area contributed by atoms with Crippen LogP contribution in [-0.4, -0.2) is 16.6 Å². The molecule has 0 radical (unpaired) electrons. The van der Waals surface area contributed by atoms with E-state index in [9.17, 15) is 10.1 Å². The van der Waals surface area contributed by atoms with Gasteiger partial charge in [-0.1, -0.05) is 15.9 Å². The van der Waals surface area contributed by atoms with Crippen molar-refractivity contribution in [1.29, 1.82) is 0 Å². The van der Waals surface area contributed by atoms with E-state index in [1.807, 2.05) is 0 Å². The zero-order valence-electron chi connectivity index (χ0n) is 7.48. The van der Waals surface area contributed by atoms with Gasteiger partial charge in [-0.3, -0.25) is 10.1 Å². The van der Waals surface area contributed by atoms with E-state index in [0.717, 1.165) is 0 Å². The van der Waals surface area contributed by atoms with E-state index >= 15 is 0 Å². The molecule has 0 amide bonds. The molecule has 0 saturated carbocycles. The molecule has 0 aliphatic carbocycles. The first kappa shape index (κ1) is 11.9. The molecule has 1 rings (SSSR count). The predicted octanol–water partition coefficient (Wildman–Crippen LogP) is 2.58. The Kier molecular flexibility index (Phi) is 4.05. The summed E-state index contributed by atoms with van der Waals surface area (Å²) < 4.78 is 0.689. The van der Waals surface area contributed by atoms with Gasteiger partial charge in [0.2, 0.25) is 0 Å². The molecule has 7 heteroatoms. The number of nitrogens with zero attached hydrogens (tertiary/aromatic N) is 2. The number of hydrogen-bond acceptors (Lipinski definition) is 3. The van der Waals surface area contributed by atoms with Crippen LogP contribution in [0.25, 0.3) is 0 Å². The molecule has 0 fully saturated rings. The van der Waals surface area contributed by atoms with Crippen LogP contribution >= 0.6 is 27.5 Å². The topological polar surface area (TPSA) is 81.5 Å². The molecule has 0 heterocycles. The van der Waals surface area contributed by atoms with Crippen molar-refractivity contribution in [3.05, 3.63) is 32.8 Å². The van der Waals surface area contributed by atoms with E-state index in [1.54, 1.807) is 6.07 Å². The highest BCUT2D eigenvalue weighted by Crippen LogP contribution is 2.30. The lowest BCUT2D eigenvalue weighted by atomic mass is 10.3. The number of nitro benzene ring substituents is 1. The summed E-state index contributed by atoms with van der Waals surface area (Å²) in [4.78, 5) is 14.0. The number of aliphatic imine (C=N–C) groups is 1. The largest absolute Gasteiger partial charge is 0.386 e. The molecule has 5 nitrogen and oxygen atoms in total. The average molecular weight is 293 g/mol. The first-order valence-corrected chi connectivity index (χ1v) is 5.20. The fourth-order valence-corrected chi connectivity index (χ4v) is 1.33. The summed E-state index contributed by atoms with van der Waals surface area (Å²) in [5, 5.41) is 10.7. The van der Waals surface area contributed by atoms with Crippen LogP contribution < -0.4 is 5.73 Å². The summed E-state index contributed by atoms with van der Waals surface area (Å²) in [5.74, 6) is 0.168. The van der Waals surface area contributed by atoms with Crippen molar-refractivity contribution in [3.63, 3.8) is 0 Å². The van der Waals surface area contributed by atoms with Crippen molar-refractivity contribution >= 4 is 44.7 Å². The third-order valence-corrected chi connectivity index (χ3v) is 2.30. The maximum absolute atomic E-state index is 10.7. The minimum absolute atomic E-state index is 0.0314. The van der Waals surface area contributed by atoms with Crippen LogP contribution in [0, 0.1) is 10.1 Å². The van der Waals surface area contributed by atoms with Crippen molar-refractivity contribution < 1.29 is 4.92 Å². The lowest BCUT2D eigenvalue weighted by Gasteiger charge is -1.99. The number of nitrogens with two attached hydrogens (primary N) is 1. The van der Waals surface area contributed by atoms with E-state index in [1.165, 1.54) is 12.1 Å². The number of nitro groups is 1. The van der Waals surface area contributed by atoms with Crippen molar-refractivity contribution in [2.45, 2.75) is 0 Å². The van der Waals surface area contributed by atoms with Crippen LogP contribution in [0.15, 0.2) is 27.7 Å². The molecular formula is C8H7BrClN3O2. The molecule has 0 aliphatic heterocycles. The SMILES string of the molecule is NC(CCl)=Nc1cc(Br)ccc1[N+](=O)[O-]. The molecule has 0 atom stereocenters. The second-order valence-electron chi connectivity index (χ2n) is 2.63. The molecule has 0 bridgehead atoms. The molecule has 0 aromatic heterocycles. The summed E-state index contributed by atoms with van der Waals surface area (Å²) >= 11 is 8.63. The lowest BCUT2D eigenvalue weighted by molar-refractivity contribution is -0.384. The van der Waals surface area contributed by atoms with Crippen LogP contribution in [-0.2, 0) is 0 Å². The van der Waals surface area contributed by atoms with E-state index < -0.39 is 4.92 Å². The molecule has 0 spiro atoms. The lowest BCUT2D eigenvalue weighted by Crippen LogP contribution is -2.12.